The SMILES string of the molecule is COc1ccc(CCN2CCN(C(=O)C(C)C)CC2)cc1. The van der Waals surface area contributed by atoms with Gasteiger partial charge in [-0.05, 0) is 24.1 Å². The monoisotopic (exact) mass is 290 g/mol. The van der Waals surface area contributed by atoms with Crippen molar-refractivity contribution in [2.75, 3.05) is 39.8 Å². The summed E-state index contributed by atoms with van der Waals surface area (Å²) in [5.41, 5.74) is 1.33. The first-order chi connectivity index (χ1) is 10.1. The number of hydrogen-bond acceptors (Lipinski definition) is 3. The molecule has 2 rings (SSSR count). The standard InChI is InChI=1S/C17H26N2O2/c1-14(2)17(20)19-12-10-18(11-13-19)9-8-15-4-6-16(21-3)7-5-15/h4-7,14H,8-13H2,1-3H3. The van der Waals surface area contributed by atoms with Crippen LogP contribution in [0.2, 0.25) is 0 Å². The number of methoxy groups -OCH3 is 1. The summed E-state index contributed by atoms with van der Waals surface area (Å²) in [6.45, 7) is 8.68. The Bertz CT molecular complexity index is 448. The number of carbonyl (C=O) groups is 1. The Hall–Kier alpha value is -1.55. The van der Waals surface area contributed by atoms with Crippen LogP contribution in [0.15, 0.2) is 24.3 Å². The maximum Gasteiger partial charge on any atom is 0.225 e. The minimum atomic E-state index is 0.107. The second-order valence-electron chi connectivity index (χ2n) is 5.92. The molecule has 0 saturated carbocycles. The van der Waals surface area contributed by atoms with Gasteiger partial charge in [0.1, 0.15) is 5.75 Å². The molecule has 1 heterocycles. The molecule has 0 N–H and O–H groups in total. The molecule has 1 fully saturated rings. The molecule has 1 aromatic carbocycles. The fraction of sp³-hybridized carbons (Fsp3) is 0.588. The number of benzene rings is 1. The van der Waals surface area contributed by atoms with Gasteiger partial charge >= 0.3 is 0 Å². The summed E-state index contributed by atoms with van der Waals surface area (Å²) < 4.78 is 5.17. The van der Waals surface area contributed by atoms with E-state index in [-0.39, 0.29) is 11.8 Å². The highest BCUT2D eigenvalue weighted by atomic mass is 16.5. The maximum atomic E-state index is 11.9. The topological polar surface area (TPSA) is 32.8 Å². The van der Waals surface area contributed by atoms with Crippen LogP contribution in [0.5, 0.6) is 5.75 Å². The second-order valence-corrected chi connectivity index (χ2v) is 5.92. The van der Waals surface area contributed by atoms with Gasteiger partial charge in [-0.15, -0.1) is 0 Å². The molecule has 0 atom stereocenters. The molecule has 21 heavy (non-hydrogen) atoms. The number of piperazine rings is 1. The summed E-state index contributed by atoms with van der Waals surface area (Å²) in [5.74, 6) is 1.29. The first-order valence-electron chi connectivity index (χ1n) is 7.74. The van der Waals surface area contributed by atoms with Crippen molar-refractivity contribution in [3.05, 3.63) is 29.8 Å². The molecular weight excluding hydrogens is 264 g/mol. The van der Waals surface area contributed by atoms with Gasteiger partial charge in [-0.25, -0.2) is 0 Å². The largest absolute Gasteiger partial charge is 0.497 e. The maximum absolute atomic E-state index is 11.9. The van der Waals surface area contributed by atoms with Crippen LogP contribution in [0.4, 0.5) is 0 Å². The van der Waals surface area contributed by atoms with Crippen molar-refractivity contribution >= 4 is 5.91 Å². The molecule has 0 aromatic heterocycles. The van der Waals surface area contributed by atoms with E-state index >= 15 is 0 Å². The van der Waals surface area contributed by atoms with Gasteiger partial charge in [-0.1, -0.05) is 26.0 Å². The number of ether oxygens (including phenoxy) is 1. The number of rotatable bonds is 5. The van der Waals surface area contributed by atoms with Crippen molar-refractivity contribution in [1.29, 1.82) is 0 Å². The smallest absolute Gasteiger partial charge is 0.225 e. The van der Waals surface area contributed by atoms with Gasteiger partial charge in [-0.2, -0.15) is 0 Å². The van der Waals surface area contributed by atoms with E-state index in [4.69, 9.17) is 4.74 Å². The predicted molar refractivity (Wildman–Crippen MR) is 84.6 cm³/mol. The third kappa shape index (κ3) is 4.46. The third-order valence-corrected chi connectivity index (χ3v) is 4.05. The quantitative estimate of drug-likeness (QED) is 0.832. The second kappa shape index (κ2) is 7.46. The Morgan fingerprint density at radius 3 is 2.29 bits per heavy atom. The Balaban J connectivity index is 1.74. The molecule has 1 saturated heterocycles. The number of amides is 1. The lowest BCUT2D eigenvalue weighted by Crippen LogP contribution is -2.50. The van der Waals surface area contributed by atoms with Gasteiger partial charge in [0.05, 0.1) is 7.11 Å². The lowest BCUT2D eigenvalue weighted by atomic mass is 10.1. The molecule has 0 spiro atoms. The molecule has 0 radical (unpaired) electrons. The highest BCUT2D eigenvalue weighted by molar-refractivity contribution is 5.78. The van der Waals surface area contributed by atoms with E-state index in [1.54, 1.807) is 7.11 Å². The molecule has 1 aliphatic rings. The van der Waals surface area contributed by atoms with Crippen molar-refractivity contribution in [2.45, 2.75) is 20.3 Å². The molecule has 0 bridgehead atoms. The summed E-state index contributed by atoms with van der Waals surface area (Å²) in [6.07, 6.45) is 1.04. The van der Waals surface area contributed by atoms with Gasteiger partial charge in [-0.3, -0.25) is 9.69 Å². The molecular formula is C17H26N2O2. The minimum Gasteiger partial charge on any atom is -0.497 e. The zero-order valence-electron chi connectivity index (χ0n) is 13.3. The van der Waals surface area contributed by atoms with Gasteiger partial charge in [0.15, 0.2) is 0 Å². The molecule has 4 heteroatoms. The Kier molecular flexibility index (Phi) is 5.62. The summed E-state index contributed by atoms with van der Waals surface area (Å²) in [7, 11) is 1.69. The molecule has 0 unspecified atom stereocenters. The normalized spacial score (nSPS) is 16.3. The van der Waals surface area contributed by atoms with E-state index in [0.717, 1.165) is 44.9 Å². The van der Waals surface area contributed by atoms with Crippen molar-refractivity contribution in [1.82, 2.24) is 9.80 Å². The van der Waals surface area contributed by atoms with E-state index in [9.17, 15) is 4.79 Å². The highest BCUT2D eigenvalue weighted by Crippen LogP contribution is 2.13. The number of hydrogen-bond donors (Lipinski definition) is 0. The van der Waals surface area contributed by atoms with Crippen LogP contribution >= 0.6 is 0 Å². The molecule has 1 aliphatic heterocycles. The van der Waals surface area contributed by atoms with Crippen LogP contribution in [0, 0.1) is 5.92 Å². The Morgan fingerprint density at radius 1 is 1.14 bits per heavy atom. The van der Waals surface area contributed by atoms with Crippen LogP contribution in [-0.2, 0) is 11.2 Å². The lowest BCUT2D eigenvalue weighted by molar-refractivity contribution is -0.136. The molecule has 0 aliphatic carbocycles. The van der Waals surface area contributed by atoms with Gasteiger partial charge in [0.25, 0.3) is 0 Å². The van der Waals surface area contributed by atoms with Gasteiger partial charge in [0, 0.05) is 38.6 Å². The highest BCUT2D eigenvalue weighted by Gasteiger charge is 2.22. The van der Waals surface area contributed by atoms with Crippen LogP contribution in [-0.4, -0.2) is 55.5 Å². The van der Waals surface area contributed by atoms with Crippen LogP contribution in [0.25, 0.3) is 0 Å². The van der Waals surface area contributed by atoms with E-state index < -0.39 is 0 Å². The van der Waals surface area contributed by atoms with Crippen molar-refractivity contribution in [3.8, 4) is 5.75 Å². The van der Waals surface area contributed by atoms with E-state index in [0.29, 0.717) is 0 Å². The summed E-state index contributed by atoms with van der Waals surface area (Å²) in [5, 5.41) is 0. The third-order valence-electron chi connectivity index (χ3n) is 4.05. The van der Waals surface area contributed by atoms with Crippen LogP contribution in [0.1, 0.15) is 19.4 Å². The zero-order chi connectivity index (χ0) is 15.2. The van der Waals surface area contributed by atoms with Crippen LogP contribution < -0.4 is 4.74 Å². The fourth-order valence-corrected chi connectivity index (χ4v) is 2.64. The summed E-state index contributed by atoms with van der Waals surface area (Å²) in [6, 6.07) is 8.26. The minimum absolute atomic E-state index is 0.107. The molecule has 116 valence electrons. The van der Waals surface area contributed by atoms with Crippen molar-refractivity contribution in [2.24, 2.45) is 5.92 Å². The predicted octanol–water partition coefficient (Wildman–Crippen LogP) is 2.04. The van der Waals surface area contributed by atoms with E-state index in [2.05, 4.69) is 17.0 Å². The lowest BCUT2D eigenvalue weighted by Gasteiger charge is -2.35. The van der Waals surface area contributed by atoms with Gasteiger partial charge in [0.2, 0.25) is 5.91 Å². The van der Waals surface area contributed by atoms with Crippen molar-refractivity contribution in [3.63, 3.8) is 0 Å². The van der Waals surface area contributed by atoms with E-state index in [1.165, 1.54) is 5.56 Å². The molecule has 1 aromatic rings. The zero-order valence-corrected chi connectivity index (χ0v) is 13.3. The van der Waals surface area contributed by atoms with Crippen molar-refractivity contribution < 1.29 is 9.53 Å². The molecule has 4 nitrogen and oxygen atoms in total. The van der Waals surface area contributed by atoms with Gasteiger partial charge < -0.3 is 9.64 Å². The Morgan fingerprint density at radius 2 is 1.76 bits per heavy atom. The van der Waals surface area contributed by atoms with E-state index in [1.807, 2.05) is 30.9 Å². The fourth-order valence-electron chi connectivity index (χ4n) is 2.64. The number of carbonyl (C=O) groups excluding carboxylic acids is 1. The summed E-state index contributed by atoms with van der Waals surface area (Å²) >= 11 is 0. The summed E-state index contributed by atoms with van der Waals surface area (Å²) in [4.78, 5) is 16.4. The first-order valence-corrected chi connectivity index (χ1v) is 7.74. The average Bonchev–Trinajstić information content (AvgIpc) is 2.53. The molecule has 1 amide bonds. The van der Waals surface area contributed by atoms with Crippen LogP contribution in [0.3, 0.4) is 0 Å². The number of nitrogens with zero attached hydrogens (tertiary/aromatic N) is 2. The average molecular weight is 290 g/mol. The first kappa shape index (κ1) is 15.8. The Labute approximate surface area is 127 Å².